The number of ketones is 1. The number of anilines is 1. The average molecular weight is 513 g/mol. The molecule has 34 heavy (non-hydrogen) atoms. The van der Waals surface area contributed by atoms with E-state index in [0.29, 0.717) is 21.2 Å². The smallest absolute Gasteiger partial charge is 0.301 e. The molecule has 0 aliphatic carbocycles. The van der Waals surface area contributed by atoms with Crippen molar-refractivity contribution in [2.24, 2.45) is 0 Å². The van der Waals surface area contributed by atoms with Gasteiger partial charge in [-0.2, -0.15) is 0 Å². The molecule has 0 bridgehead atoms. The molecular weight excluding hydrogens is 498 g/mol. The summed E-state index contributed by atoms with van der Waals surface area (Å²) >= 11 is 13.6. The first-order chi connectivity index (χ1) is 16.2. The minimum absolute atomic E-state index is 0.148. The molecule has 5 nitrogen and oxygen atoms in total. The second-order valence-corrected chi connectivity index (χ2v) is 9.64. The maximum atomic E-state index is 13.4. The number of benzene rings is 3. The van der Waals surface area contributed by atoms with Crippen LogP contribution in [0.3, 0.4) is 0 Å². The largest absolute Gasteiger partial charge is 0.507 e. The van der Waals surface area contributed by atoms with Crippen molar-refractivity contribution in [2.75, 3.05) is 4.90 Å². The molecule has 1 N–H and O–H groups in total. The monoisotopic (exact) mass is 512 g/mol. The van der Waals surface area contributed by atoms with Crippen LogP contribution in [0.4, 0.5) is 9.52 Å². The summed E-state index contributed by atoms with van der Waals surface area (Å²) in [5.41, 5.74) is 2.23. The molecule has 1 saturated heterocycles. The van der Waals surface area contributed by atoms with Gasteiger partial charge in [0.1, 0.15) is 11.6 Å². The quantitative estimate of drug-likeness (QED) is 0.189. The van der Waals surface area contributed by atoms with Crippen molar-refractivity contribution in [3.63, 3.8) is 0 Å². The van der Waals surface area contributed by atoms with Gasteiger partial charge in [-0.1, -0.05) is 46.7 Å². The summed E-state index contributed by atoms with van der Waals surface area (Å²) in [5, 5.41) is 11.9. The number of carbonyl (C=O) groups is 2. The Morgan fingerprint density at radius 2 is 1.76 bits per heavy atom. The van der Waals surface area contributed by atoms with E-state index in [4.69, 9.17) is 23.2 Å². The number of rotatable bonds is 3. The number of aryl methyl sites for hydroxylation is 1. The molecule has 5 rings (SSSR count). The number of fused-ring (bicyclic) bond motifs is 1. The highest BCUT2D eigenvalue weighted by molar-refractivity contribution is 7.22. The Morgan fingerprint density at radius 3 is 2.47 bits per heavy atom. The Hall–Kier alpha value is -3.26. The first-order valence-electron chi connectivity index (χ1n) is 10.1. The number of halogens is 3. The summed E-state index contributed by atoms with van der Waals surface area (Å²) < 4.78 is 14.3. The third kappa shape index (κ3) is 3.76. The average Bonchev–Trinajstić information content (AvgIpc) is 3.33. The van der Waals surface area contributed by atoms with Crippen molar-refractivity contribution < 1.29 is 19.1 Å². The fourth-order valence-corrected chi connectivity index (χ4v) is 5.31. The van der Waals surface area contributed by atoms with Gasteiger partial charge in [-0.25, -0.2) is 9.37 Å². The Kier molecular flexibility index (Phi) is 5.64. The van der Waals surface area contributed by atoms with Crippen molar-refractivity contribution >= 4 is 67.3 Å². The lowest BCUT2D eigenvalue weighted by Gasteiger charge is -2.23. The zero-order valence-electron chi connectivity index (χ0n) is 17.6. The normalized spacial score (nSPS) is 17.6. The van der Waals surface area contributed by atoms with Crippen LogP contribution in [-0.2, 0) is 9.59 Å². The standard InChI is InChI=1S/C25H15Cl2FN2O3S/c1-12-2-9-18-19(10-12)34-25(29-18)30-21(14-5-8-16(26)17(27)11-14)20(23(32)24(30)33)22(31)13-3-6-15(28)7-4-13/h2-11,21,31H,1H3. The van der Waals surface area contributed by atoms with E-state index in [1.165, 1.54) is 28.4 Å². The first-order valence-corrected chi connectivity index (χ1v) is 11.7. The SMILES string of the molecule is Cc1ccc2nc(N3C(=O)C(=O)C(=C(O)c4ccc(F)cc4)C3c3ccc(Cl)c(Cl)c3)sc2c1. The number of nitrogens with zero attached hydrogens (tertiary/aromatic N) is 2. The maximum Gasteiger partial charge on any atom is 0.301 e. The highest BCUT2D eigenvalue weighted by Crippen LogP contribution is 2.45. The summed E-state index contributed by atoms with van der Waals surface area (Å²) in [6.45, 7) is 1.95. The lowest BCUT2D eigenvalue weighted by atomic mass is 9.95. The number of hydrogen-bond donors (Lipinski definition) is 1. The van der Waals surface area contributed by atoms with Crippen LogP contribution in [-0.4, -0.2) is 21.8 Å². The zero-order valence-corrected chi connectivity index (χ0v) is 19.9. The van der Waals surface area contributed by atoms with E-state index in [9.17, 15) is 19.1 Å². The molecule has 4 aromatic rings. The third-order valence-electron chi connectivity index (χ3n) is 5.56. The minimum Gasteiger partial charge on any atom is -0.507 e. The molecule has 0 spiro atoms. The number of aliphatic hydroxyl groups excluding tert-OH is 1. The van der Waals surface area contributed by atoms with Crippen LogP contribution in [0.25, 0.3) is 16.0 Å². The van der Waals surface area contributed by atoms with Gasteiger partial charge in [0.15, 0.2) is 5.13 Å². The topological polar surface area (TPSA) is 70.5 Å². The van der Waals surface area contributed by atoms with E-state index in [0.717, 1.165) is 22.4 Å². The number of carbonyl (C=O) groups excluding carboxylic acids is 2. The Labute approximate surface area is 207 Å². The molecule has 1 aliphatic heterocycles. The van der Waals surface area contributed by atoms with Gasteiger partial charge < -0.3 is 5.11 Å². The maximum absolute atomic E-state index is 13.4. The van der Waals surface area contributed by atoms with E-state index < -0.39 is 29.3 Å². The minimum atomic E-state index is -1.01. The lowest BCUT2D eigenvalue weighted by Crippen LogP contribution is -2.29. The van der Waals surface area contributed by atoms with Gasteiger partial charge in [0.2, 0.25) is 0 Å². The van der Waals surface area contributed by atoms with Crippen LogP contribution in [0.2, 0.25) is 10.0 Å². The van der Waals surface area contributed by atoms with Crippen LogP contribution in [0.5, 0.6) is 0 Å². The van der Waals surface area contributed by atoms with Crippen LogP contribution < -0.4 is 4.90 Å². The van der Waals surface area contributed by atoms with Gasteiger partial charge in [0.05, 0.1) is 31.9 Å². The zero-order chi connectivity index (χ0) is 24.1. The van der Waals surface area contributed by atoms with E-state index in [1.54, 1.807) is 18.2 Å². The molecule has 0 saturated carbocycles. The highest BCUT2D eigenvalue weighted by atomic mass is 35.5. The van der Waals surface area contributed by atoms with Gasteiger partial charge in [0.25, 0.3) is 5.78 Å². The third-order valence-corrected chi connectivity index (χ3v) is 7.32. The van der Waals surface area contributed by atoms with E-state index in [-0.39, 0.29) is 16.2 Å². The highest BCUT2D eigenvalue weighted by Gasteiger charge is 2.48. The number of amides is 1. The Morgan fingerprint density at radius 1 is 1.03 bits per heavy atom. The van der Waals surface area contributed by atoms with Crippen LogP contribution >= 0.6 is 34.5 Å². The second-order valence-electron chi connectivity index (χ2n) is 7.82. The molecule has 1 unspecified atom stereocenters. The van der Waals surface area contributed by atoms with Crippen LogP contribution in [0.15, 0.2) is 66.2 Å². The molecule has 3 aromatic carbocycles. The van der Waals surface area contributed by atoms with Crippen molar-refractivity contribution in [2.45, 2.75) is 13.0 Å². The predicted octanol–water partition coefficient (Wildman–Crippen LogP) is 6.68. The summed E-state index contributed by atoms with van der Waals surface area (Å²) in [5.74, 6) is -2.64. The fourth-order valence-electron chi connectivity index (χ4n) is 3.91. The molecular formula is C25H15Cl2FN2O3S. The molecule has 1 atom stereocenters. The van der Waals surface area contributed by atoms with Crippen molar-refractivity contribution in [3.8, 4) is 0 Å². The summed E-state index contributed by atoms with van der Waals surface area (Å²) in [6, 6.07) is 14.4. The van der Waals surface area contributed by atoms with Gasteiger partial charge in [-0.15, -0.1) is 0 Å². The second kappa shape index (κ2) is 8.51. The summed E-state index contributed by atoms with van der Waals surface area (Å²) in [4.78, 5) is 32.3. The van der Waals surface area contributed by atoms with Gasteiger partial charge in [-0.3, -0.25) is 14.5 Å². The Bertz CT molecular complexity index is 1510. The van der Waals surface area contributed by atoms with E-state index >= 15 is 0 Å². The molecule has 1 aliphatic rings. The molecule has 9 heteroatoms. The van der Waals surface area contributed by atoms with Gasteiger partial charge >= 0.3 is 5.91 Å². The van der Waals surface area contributed by atoms with Gasteiger partial charge in [-0.05, 0) is 66.6 Å². The molecule has 1 amide bonds. The summed E-state index contributed by atoms with van der Waals surface area (Å²) in [6.07, 6.45) is 0. The van der Waals surface area contributed by atoms with Crippen molar-refractivity contribution in [1.29, 1.82) is 0 Å². The molecule has 2 heterocycles. The number of aliphatic hydroxyl groups is 1. The predicted molar refractivity (Wildman–Crippen MR) is 132 cm³/mol. The number of Topliss-reactive ketones (excluding diaryl/α,β-unsaturated/α-hetero) is 1. The van der Waals surface area contributed by atoms with Crippen LogP contribution in [0.1, 0.15) is 22.7 Å². The van der Waals surface area contributed by atoms with Crippen LogP contribution in [0, 0.1) is 12.7 Å². The number of thiazole rings is 1. The first kappa shape index (κ1) is 22.5. The number of hydrogen-bond acceptors (Lipinski definition) is 5. The van der Waals surface area contributed by atoms with Crippen molar-refractivity contribution in [1.82, 2.24) is 4.98 Å². The van der Waals surface area contributed by atoms with Crippen molar-refractivity contribution in [3.05, 3.63) is 98.8 Å². The molecule has 0 radical (unpaired) electrons. The Balaban J connectivity index is 1.74. The molecule has 170 valence electrons. The summed E-state index contributed by atoms with van der Waals surface area (Å²) in [7, 11) is 0. The molecule has 1 aromatic heterocycles. The molecule has 1 fully saturated rings. The fraction of sp³-hybridized carbons (Fsp3) is 0.0800. The van der Waals surface area contributed by atoms with E-state index in [2.05, 4.69) is 4.98 Å². The lowest BCUT2D eigenvalue weighted by molar-refractivity contribution is -0.132. The number of aromatic nitrogens is 1. The van der Waals surface area contributed by atoms with E-state index in [1.807, 2.05) is 25.1 Å². The van der Waals surface area contributed by atoms with Gasteiger partial charge in [0, 0.05) is 5.56 Å².